The van der Waals surface area contributed by atoms with E-state index in [1.54, 1.807) is 12.1 Å². The zero-order chi connectivity index (χ0) is 22.8. The Kier molecular flexibility index (Phi) is 6.44. The summed E-state index contributed by atoms with van der Waals surface area (Å²) >= 11 is 0. The summed E-state index contributed by atoms with van der Waals surface area (Å²) in [6.07, 6.45) is 11.9. The summed E-state index contributed by atoms with van der Waals surface area (Å²) in [6.45, 7) is 2.15. The summed E-state index contributed by atoms with van der Waals surface area (Å²) in [5, 5.41) is 7.09. The molecule has 0 aliphatic heterocycles. The highest BCUT2D eigenvalue weighted by molar-refractivity contribution is 5.94. The monoisotopic (exact) mass is 448 g/mol. The molecule has 1 amide bonds. The number of carbonyl (C=O) groups excluding carboxylic acids is 1. The molecule has 2 N–H and O–H groups in total. The lowest BCUT2D eigenvalue weighted by Crippen LogP contribution is -2.54. The van der Waals surface area contributed by atoms with Crippen molar-refractivity contribution in [1.82, 2.24) is 5.32 Å². The van der Waals surface area contributed by atoms with Crippen LogP contribution in [-0.4, -0.2) is 17.5 Å². The first kappa shape index (κ1) is 22.4. The molecule has 33 heavy (non-hydrogen) atoms. The van der Waals surface area contributed by atoms with Gasteiger partial charge in [0.1, 0.15) is 5.82 Å². The minimum atomic E-state index is -0.227. The quantitative estimate of drug-likeness (QED) is 0.446. The first-order chi connectivity index (χ1) is 16.0. The highest BCUT2D eigenvalue weighted by Crippen LogP contribution is 2.56. The molecule has 0 radical (unpaired) electrons. The third-order valence-corrected chi connectivity index (χ3v) is 8.21. The molecule has 1 atom stereocenters. The van der Waals surface area contributed by atoms with Crippen molar-refractivity contribution in [3.05, 3.63) is 65.5 Å². The van der Waals surface area contributed by atoms with Crippen LogP contribution < -0.4 is 10.6 Å². The van der Waals surface area contributed by atoms with Crippen LogP contribution in [0.2, 0.25) is 0 Å². The fourth-order valence-electron chi connectivity index (χ4n) is 7.17. The van der Waals surface area contributed by atoms with Gasteiger partial charge in [0.05, 0.1) is 0 Å². The van der Waals surface area contributed by atoms with Crippen LogP contribution in [0.25, 0.3) is 0 Å². The normalized spacial score (nSPS) is 28.5. The van der Waals surface area contributed by atoms with Crippen molar-refractivity contribution in [2.45, 2.75) is 82.7 Å². The van der Waals surface area contributed by atoms with Crippen LogP contribution in [0.1, 0.15) is 80.6 Å². The van der Waals surface area contributed by atoms with Gasteiger partial charge in [-0.2, -0.15) is 0 Å². The maximum absolute atomic E-state index is 13.6. The molecule has 4 saturated carbocycles. The zero-order valence-electron chi connectivity index (χ0n) is 19.8. The predicted molar refractivity (Wildman–Crippen MR) is 132 cm³/mol. The van der Waals surface area contributed by atoms with Crippen LogP contribution in [0.4, 0.5) is 10.1 Å². The summed E-state index contributed by atoms with van der Waals surface area (Å²) in [5.74, 6) is 2.45. The van der Waals surface area contributed by atoms with Gasteiger partial charge in [0, 0.05) is 22.8 Å². The van der Waals surface area contributed by atoms with Crippen LogP contribution in [0.15, 0.2) is 48.5 Å². The molecular formula is C29H37FN2O. The molecule has 2 aromatic rings. The highest BCUT2D eigenvalue weighted by atomic mass is 19.1. The average Bonchev–Trinajstić information content (AvgIpc) is 2.77. The van der Waals surface area contributed by atoms with Gasteiger partial charge in [0.25, 0.3) is 5.91 Å². The van der Waals surface area contributed by atoms with E-state index in [-0.39, 0.29) is 23.3 Å². The van der Waals surface area contributed by atoms with Gasteiger partial charge in [0.2, 0.25) is 0 Å². The van der Waals surface area contributed by atoms with Gasteiger partial charge in [-0.25, -0.2) is 4.39 Å². The molecular weight excluding hydrogens is 411 g/mol. The van der Waals surface area contributed by atoms with Crippen LogP contribution in [-0.2, 0) is 6.42 Å². The third-order valence-electron chi connectivity index (χ3n) is 8.21. The second-order valence-corrected chi connectivity index (χ2v) is 11.0. The smallest absolute Gasteiger partial charge is 0.251 e. The molecule has 176 valence electrons. The number of nitrogens with one attached hydrogen (secondary N) is 2. The number of benzene rings is 2. The molecule has 2 aromatic carbocycles. The Morgan fingerprint density at radius 1 is 1.03 bits per heavy atom. The van der Waals surface area contributed by atoms with Crippen molar-refractivity contribution >= 4 is 11.6 Å². The van der Waals surface area contributed by atoms with Crippen LogP contribution >= 0.6 is 0 Å². The number of rotatable bonds is 9. The van der Waals surface area contributed by atoms with Crippen LogP contribution in [0, 0.1) is 23.6 Å². The van der Waals surface area contributed by atoms with E-state index in [1.165, 1.54) is 44.6 Å². The number of hydrogen-bond acceptors (Lipinski definition) is 2. The summed E-state index contributed by atoms with van der Waals surface area (Å²) in [7, 11) is 0. The second-order valence-electron chi connectivity index (χ2n) is 11.0. The van der Waals surface area contributed by atoms with Gasteiger partial charge in [-0.1, -0.05) is 31.9 Å². The number of halogens is 1. The van der Waals surface area contributed by atoms with Crippen LogP contribution in [0.5, 0.6) is 0 Å². The average molecular weight is 449 g/mol. The molecule has 3 nitrogen and oxygen atoms in total. The van der Waals surface area contributed by atoms with E-state index in [1.807, 2.05) is 18.2 Å². The first-order valence-corrected chi connectivity index (χ1v) is 12.9. The Labute approximate surface area is 197 Å². The Hall–Kier alpha value is -2.36. The molecule has 0 heterocycles. The Morgan fingerprint density at radius 3 is 2.30 bits per heavy atom. The van der Waals surface area contributed by atoms with Crippen molar-refractivity contribution in [3.63, 3.8) is 0 Å². The second kappa shape index (κ2) is 9.48. The zero-order valence-corrected chi connectivity index (χ0v) is 19.8. The topological polar surface area (TPSA) is 41.1 Å². The fourth-order valence-corrected chi connectivity index (χ4v) is 7.17. The number of amides is 1. The standard InChI is InChI=1S/C29H37FN2O/c1-2-3-7-27(16-20-5-4-6-25(30)15-20)31-28(33)24-8-10-26(11-9-24)32-29-17-21-12-22(18-29)14-23(13-21)19-29/h4-6,8-11,15,21-23,27,32H,2-3,7,12-14,16-19H2,1H3,(H,31,33). The van der Waals surface area contributed by atoms with E-state index in [0.717, 1.165) is 48.3 Å². The van der Waals surface area contributed by atoms with E-state index < -0.39 is 0 Å². The van der Waals surface area contributed by atoms with E-state index in [2.05, 4.69) is 29.7 Å². The lowest BCUT2D eigenvalue weighted by atomic mass is 9.53. The molecule has 0 saturated heterocycles. The van der Waals surface area contributed by atoms with Crippen molar-refractivity contribution in [1.29, 1.82) is 0 Å². The molecule has 4 bridgehead atoms. The van der Waals surface area contributed by atoms with E-state index >= 15 is 0 Å². The Bertz CT molecular complexity index is 935. The lowest BCUT2D eigenvalue weighted by Gasteiger charge is -2.57. The molecule has 4 heteroatoms. The molecule has 1 unspecified atom stereocenters. The maximum Gasteiger partial charge on any atom is 0.251 e. The minimum absolute atomic E-state index is 0.00377. The van der Waals surface area contributed by atoms with Gasteiger partial charge in [-0.15, -0.1) is 0 Å². The van der Waals surface area contributed by atoms with Crippen LogP contribution in [0.3, 0.4) is 0 Å². The van der Waals surface area contributed by atoms with Gasteiger partial charge in [0.15, 0.2) is 0 Å². The highest BCUT2D eigenvalue weighted by Gasteiger charge is 2.50. The summed E-state index contributed by atoms with van der Waals surface area (Å²) in [5.41, 5.74) is 3.02. The number of anilines is 1. The van der Waals surface area contributed by atoms with Gasteiger partial charge < -0.3 is 10.6 Å². The van der Waals surface area contributed by atoms with Gasteiger partial charge >= 0.3 is 0 Å². The third kappa shape index (κ3) is 5.26. The van der Waals surface area contributed by atoms with Crippen molar-refractivity contribution in [2.24, 2.45) is 17.8 Å². The predicted octanol–water partition coefficient (Wildman–Crippen LogP) is 6.74. The fraction of sp³-hybridized carbons (Fsp3) is 0.552. The molecule has 6 rings (SSSR count). The summed E-state index contributed by atoms with van der Waals surface area (Å²) < 4.78 is 13.6. The largest absolute Gasteiger partial charge is 0.380 e. The Morgan fingerprint density at radius 2 is 1.70 bits per heavy atom. The SMILES string of the molecule is CCCCC(Cc1cccc(F)c1)NC(=O)c1ccc(NC23CC4CC(CC(C4)C2)C3)cc1. The minimum Gasteiger partial charge on any atom is -0.380 e. The lowest BCUT2D eigenvalue weighted by molar-refractivity contribution is 0.0107. The van der Waals surface area contributed by atoms with Crippen molar-refractivity contribution < 1.29 is 9.18 Å². The molecule has 0 spiro atoms. The van der Waals surface area contributed by atoms with Crippen molar-refractivity contribution in [2.75, 3.05) is 5.32 Å². The number of unbranched alkanes of at least 4 members (excludes halogenated alkanes) is 1. The van der Waals surface area contributed by atoms with E-state index in [4.69, 9.17) is 0 Å². The summed E-state index contributed by atoms with van der Waals surface area (Å²) in [4.78, 5) is 13.0. The first-order valence-electron chi connectivity index (χ1n) is 12.9. The molecule has 4 fully saturated rings. The van der Waals surface area contributed by atoms with Crippen molar-refractivity contribution in [3.8, 4) is 0 Å². The number of hydrogen-bond donors (Lipinski definition) is 2. The van der Waals surface area contributed by atoms with Gasteiger partial charge in [-0.3, -0.25) is 4.79 Å². The van der Waals surface area contributed by atoms with E-state index in [0.29, 0.717) is 12.0 Å². The molecule has 0 aromatic heterocycles. The van der Waals surface area contributed by atoms with Gasteiger partial charge in [-0.05, 0) is 111 Å². The molecule has 4 aliphatic rings. The maximum atomic E-state index is 13.6. The van der Waals surface area contributed by atoms with E-state index in [9.17, 15) is 9.18 Å². The number of carbonyl (C=O) groups is 1. The summed E-state index contributed by atoms with van der Waals surface area (Å²) in [6, 6.07) is 14.7. The molecule has 4 aliphatic carbocycles. The Balaban J connectivity index is 1.22.